The van der Waals surface area contributed by atoms with Crippen LogP contribution in [0.2, 0.25) is 0 Å². The second-order valence-corrected chi connectivity index (χ2v) is 5.58. The second-order valence-electron chi connectivity index (χ2n) is 5.58. The Hall–Kier alpha value is -2.48. The Kier molecular flexibility index (Phi) is 2.81. The Labute approximate surface area is 125 Å². The van der Waals surface area contributed by atoms with Crippen molar-refractivity contribution in [2.75, 3.05) is 11.4 Å². The number of fused-ring (bicyclic) bond motifs is 1. The molecule has 4 rings (SSSR count). The molecule has 0 unspecified atom stereocenters. The summed E-state index contributed by atoms with van der Waals surface area (Å²) >= 11 is 0. The molecule has 0 spiro atoms. The highest BCUT2D eigenvalue weighted by atomic mass is 15.2. The van der Waals surface area contributed by atoms with Gasteiger partial charge in [0.15, 0.2) is 0 Å². The average molecular weight is 274 g/mol. The van der Waals surface area contributed by atoms with E-state index in [2.05, 4.69) is 83.3 Å². The van der Waals surface area contributed by atoms with Gasteiger partial charge < -0.3 is 9.47 Å². The van der Waals surface area contributed by atoms with Crippen molar-refractivity contribution in [1.29, 1.82) is 0 Å². The summed E-state index contributed by atoms with van der Waals surface area (Å²) in [5, 5.41) is 0. The molecule has 0 saturated heterocycles. The minimum Gasteiger partial charge on any atom is -0.340 e. The Morgan fingerprint density at radius 1 is 0.857 bits per heavy atom. The van der Waals surface area contributed by atoms with Crippen LogP contribution in [0.3, 0.4) is 0 Å². The van der Waals surface area contributed by atoms with E-state index in [9.17, 15) is 0 Å². The van der Waals surface area contributed by atoms with Gasteiger partial charge in [0.05, 0.1) is 5.69 Å². The second kappa shape index (κ2) is 4.81. The highest BCUT2D eigenvalue weighted by molar-refractivity contribution is 5.70. The van der Waals surface area contributed by atoms with Crippen molar-refractivity contribution >= 4 is 11.4 Å². The lowest BCUT2D eigenvalue weighted by atomic mass is 10.2. The summed E-state index contributed by atoms with van der Waals surface area (Å²) < 4.78 is 2.26. The monoisotopic (exact) mass is 274 g/mol. The van der Waals surface area contributed by atoms with E-state index >= 15 is 0 Å². The Morgan fingerprint density at radius 2 is 1.62 bits per heavy atom. The third-order valence-electron chi connectivity index (χ3n) is 4.23. The Morgan fingerprint density at radius 3 is 2.48 bits per heavy atom. The number of benzene rings is 2. The van der Waals surface area contributed by atoms with Gasteiger partial charge in [0.25, 0.3) is 0 Å². The van der Waals surface area contributed by atoms with Crippen LogP contribution in [0.4, 0.5) is 11.4 Å². The van der Waals surface area contributed by atoms with Gasteiger partial charge in [-0.05, 0) is 43.2 Å². The van der Waals surface area contributed by atoms with Gasteiger partial charge in [-0.1, -0.05) is 36.4 Å². The third-order valence-corrected chi connectivity index (χ3v) is 4.23. The molecule has 1 aromatic heterocycles. The van der Waals surface area contributed by atoms with E-state index in [1.165, 1.54) is 28.3 Å². The molecule has 0 radical (unpaired) electrons. The van der Waals surface area contributed by atoms with Gasteiger partial charge in [-0.25, -0.2) is 0 Å². The van der Waals surface area contributed by atoms with Crippen molar-refractivity contribution in [3.8, 4) is 5.69 Å². The molecule has 2 aromatic carbocycles. The summed E-state index contributed by atoms with van der Waals surface area (Å²) in [6, 6.07) is 21.5. The summed E-state index contributed by atoms with van der Waals surface area (Å²) in [6.07, 6.45) is 3.37. The minimum atomic E-state index is 1.07. The first-order valence-corrected chi connectivity index (χ1v) is 7.43. The van der Waals surface area contributed by atoms with Gasteiger partial charge in [0, 0.05) is 29.8 Å². The highest BCUT2D eigenvalue weighted by Crippen LogP contribution is 2.35. The van der Waals surface area contributed by atoms with Gasteiger partial charge in [-0.15, -0.1) is 0 Å². The van der Waals surface area contributed by atoms with Crippen molar-refractivity contribution in [3.05, 3.63) is 78.1 Å². The first kappa shape index (κ1) is 12.3. The smallest absolute Gasteiger partial charge is 0.0597 e. The number of anilines is 2. The van der Waals surface area contributed by atoms with Gasteiger partial charge in [-0.3, -0.25) is 0 Å². The molecule has 0 amide bonds. The van der Waals surface area contributed by atoms with Crippen LogP contribution in [0, 0.1) is 6.92 Å². The van der Waals surface area contributed by atoms with E-state index in [0.29, 0.717) is 0 Å². The number of nitrogens with zero attached hydrogens (tertiary/aromatic N) is 2. The number of hydrogen-bond donors (Lipinski definition) is 0. The first-order valence-electron chi connectivity index (χ1n) is 7.43. The molecule has 0 N–H and O–H groups in total. The van der Waals surface area contributed by atoms with Crippen LogP contribution in [0.1, 0.15) is 11.3 Å². The topological polar surface area (TPSA) is 8.17 Å². The van der Waals surface area contributed by atoms with E-state index in [0.717, 1.165) is 13.0 Å². The molecule has 1 aliphatic rings. The molecule has 0 bridgehead atoms. The number of para-hydroxylation sites is 2. The fourth-order valence-corrected chi connectivity index (χ4v) is 3.18. The van der Waals surface area contributed by atoms with Crippen LogP contribution in [-0.4, -0.2) is 11.1 Å². The molecular weight excluding hydrogens is 256 g/mol. The van der Waals surface area contributed by atoms with E-state index in [1.807, 2.05) is 0 Å². The van der Waals surface area contributed by atoms with E-state index in [4.69, 9.17) is 0 Å². The molecule has 3 aromatic rings. The van der Waals surface area contributed by atoms with Crippen molar-refractivity contribution in [3.63, 3.8) is 0 Å². The summed E-state index contributed by atoms with van der Waals surface area (Å²) in [7, 11) is 0. The number of rotatable bonds is 2. The van der Waals surface area contributed by atoms with Crippen molar-refractivity contribution in [2.45, 2.75) is 13.3 Å². The third kappa shape index (κ3) is 2.04. The summed E-state index contributed by atoms with van der Waals surface area (Å²) in [4.78, 5) is 2.42. The van der Waals surface area contributed by atoms with Crippen LogP contribution in [-0.2, 0) is 6.42 Å². The maximum Gasteiger partial charge on any atom is 0.0597 e. The lowest BCUT2D eigenvalue weighted by Gasteiger charge is -2.17. The van der Waals surface area contributed by atoms with Gasteiger partial charge in [-0.2, -0.15) is 0 Å². The maximum atomic E-state index is 2.42. The molecule has 0 fully saturated rings. The van der Waals surface area contributed by atoms with Crippen LogP contribution >= 0.6 is 0 Å². The SMILES string of the molecule is Cc1cc(N2CCc3ccccc32)cn1-c1ccccc1. The predicted octanol–water partition coefficient (Wildman–Crippen LogP) is 4.48. The van der Waals surface area contributed by atoms with Gasteiger partial charge >= 0.3 is 0 Å². The normalized spacial score (nSPS) is 13.5. The fraction of sp³-hybridized carbons (Fsp3) is 0.158. The highest BCUT2D eigenvalue weighted by Gasteiger charge is 2.21. The summed E-state index contributed by atoms with van der Waals surface area (Å²) in [5.74, 6) is 0. The zero-order chi connectivity index (χ0) is 14.2. The molecule has 0 aliphatic carbocycles. The predicted molar refractivity (Wildman–Crippen MR) is 87.7 cm³/mol. The minimum absolute atomic E-state index is 1.07. The number of hydrogen-bond acceptors (Lipinski definition) is 1. The van der Waals surface area contributed by atoms with Crippen LogP contribution < -0.4 is 4.90 Å². The van der Waals surface area contributed by atoms with Crippen molar-refractivity contribution < 1.29 is 0 Å². The van der Waals surface area contributed by atoms with E-state index in [1.54, 1.807) is 0 Å². The molecular formula is C19H18N2. The zero-order valence-electron chi connectivity index (χ0n) is 12.2. The molecule has 21 heavy (non-hydrogen) atoms. The van der Waals surface area contributed by atoms with Gasteiger partial charge in [0.2, 0.25) is 0 Å². The van der Waals surface area contributed by atoms with Crippen LogP contribution in [0.15, 0.2) is 66.9 Å². The largest absolute Gasteiger partial charge is 0.340 e. The maximum absolute atomic E-state index is 2.42. The molecule has 104 valence electrons. The lowest BCUT2D eigenvalue weighted by molar-refractivity contribution is 0.987. The zero-order valence-corrected chi connectivity index (χ0v) is 12.2. The summed E-state index contributed by atoms with van der Waals surface area (Å²) in [5.41, 5.74) is 6.56. The molecule has 0 atom stereocenters. The lowest BCUT2D eigenvalue weighted by Crippen LogP contribution is -2.12. The molecule has 2 heterocycles. The summed E-state index contributed by atoms with van der Waals surface area (Å²) in [6.45, 7) is 3.23. The number of aryl methyl sites for hydroxylation is 1. The van der Waals surface area contributed by atoms with E-state index in [-0.39, 0.29) is 0 Å². The Bertz CT molecular complexity index is 771. The van der Waals surface area contributed by atoms with Crippen molar-refractivity contribution in [2.24, 2.45) is 0 Å². The van der Waals surface area contributed by atoms with Crippen LogP contribution in [0.5, 0.6) is 0 Å². The molecule has 2 heteroatoms. The Balaban J connectivity index is 1.76. The molecule has 0 saturated carbocycles. The molecule has 2 nitrogen and oxygen atoms in total. The molecule has 1 aliphatic heterocycles. The van der Waals surface area contributed by atoms with Crippen LogP contribution in [0.25, 0.3) is 5.69 Å². The fourth-order valence-electron chi connectivity index (χ4n) is 3.18. The standard InChI is InChI=1S/C19H18N2/c1-15-13-18(14-21(15)17-8-3-2-4-9-17)20-12-11-16-7-5-6-10-19(16)20/h2-10,13-14H,11-12H2,1H3. The number of aromatic nitrogens is 1. The van der Waals surface area contributed by atoms with Gasteiger partial charge in [0.1, 0.15) is 0 Å². The average Bonchev–Trinajstić information content (AvgIpc) is 3.11. The van der Waals surface area contributed by atoms with E-state index < -0.39 is 0 Å². The first-order chi connectivity index (χ1) is 10.3. The quantitative estimate of drug-likeness (QED) is 0.669. The van der Waals surface area contributed by atoms with Crippen molar-refractivity contribution in [1.82, 2.24) is 4.57 Å².